The zero-order chi connectivity index (χ0) is 5.66. The third-order valence-electron chi connectivity index (χ3n) is 1.24. The Morgan fingerprint density at radius 3 is 3.00 bits per heavy atom. The molecule has 9 heavy (non-hydrogen) atoms. The van der Waals surface area contributed by atoms with Gasteiger partial charge in [0.1, 0.15) is 0 Å². The summed E-state index contributed by atoms with van der Waals surface area (Å²) in [6, 6.07) is 0. The van der Waals surface area contributed by atoms with Crippen molar-refractivity contribution < 1.29 is 19.5 Å². The van der Waals surface area contributed by atoms with Gasteiger partial charge in [0.2, 0.25) is 0 Å². The summed E-state index contributed by atoms with van der Waals surface area (Å²) in [6.07, 6.45) is 14.5. The second kappa shape index (κ2) is 6.10. The Morgan fingerprint density at radius 2 is 2.11 bits per heavy atom. The minimum atomic E-state index is 0. The summed E-state index contributed by atoms with van der Waals surface area (Å²) in [5.41, 5.74) is 0. The molecule has 1 radical (unpaired) electrons. The van der Waals surface area contributed by atoms with Crippen LogP contribution in [0.3, 0.4) is 0 Å². The second-order valence-electron chi connectivity index (χ2n) is 1.98. The Kier molecular flexibility index (Phi) is 6.08. The molecule has 0 amide bonds. The van der Waals surface area contributed by atoms with Crippen LogP contribution in [0.2, 0.25) is 0 Å². The maximum absolute atomic E-state index is 2.21. The quantitative estimate of drug-likeness (QED) is 0.424. The molecule has 0 fully saturated rings. The first-order valence-electron chi connectivity index (χ1n) is 3.15. The summed E-state index contributed by atoms with van der Waals surface area (Å²) in [7, 11) is 0. The molecule has 1 heteroatoms. The number of allylic oxidation sites excluding steroid dienone is 4. The van der Waals surface area contributed by atoms with Crippen LogP contribution in [-0.4, -0.2) is 0 Å². The Bertz CT molecular complexity index is 89.1. The van der Waals surface area contributed by atoms with Crippen LogP contribution in [0.4, 0.5) is 0 Å². The fourth-order valence-electron chi connectivity index (χ4n) is 0.767. The molecular weight excluding hydrogens is 197 g/mol. The van der Waals surface area contributed by atoms with E-state index in [0.717, 1.165) is 0 Å². The molecule has 0 aliphatic heterocycles. The van der Waals surface area contributed by atoms with E-state index in [-0.39, 0.29) is 19.5 Å². The van der Waals surface area contributed by atoms with Crippen molar-refractivity contribution >= 4 is 0 Å². The van der Waals surface area contributed by atoms with E-state index in [1.165, 1.54) is 19.3 Å². The van der Waals surface area contributed by atoms with Gasteiger partial charge in [-0.3, -0.25) is 0 Å². The van der Waals surface area contributed by atoms with Gasteiger partial charge in [0.25, 0.3) is 0 Å². The molecule has 0 heterocycles. The van der Waals surface area contributed by atoms with Gasteiger partial charge in [0.05, 0.1) is 0 Å². The summed E-state index contributed by atoms with van der Waals surface area (Å²) >= 11 is 0. The third-order valence-corrected chi connectivity index (χ3v) is 1.24. The predicted molar refractivity (Wildman–Crippen MR) is 36.4 cm³/mol. The molecule has 1 aliphatic carbocycles. The first kappa shape index (κ1) is 8.97. The van der Waals surface area contributed by atoms with Crippen molar-refractivity contribution in [2.24, 2.45) is 0 Å². The van der Waals surface area contributed by atoms with Gasteiger partial charge in [0.15, 0.2) is 0 Å². The van der Waals surface area contributed by atoms with Crippen molar-refractivity contribution in [2.45, 2.75) is 19.3 Å². The fourth-order valence-corrected chi connectivity index (χ4v) is 0.767. The Hall–Kier alpha value is -0.0266. The predicted octanol–water partition coefficient (Wildman–Crippen LogP) is 2.48. The minimum Gasteiger partial charge on any atom is -0.230 e. The number of rotatable bonds is 0. The van der Waals surface area contributed by atoms with Crippen molar-refractivity contribution in [1.82, 2.24) is 0 Å². The van der Waals surface area contributed by atoms with Crippen LogP contribution in [0.25, 0.3) is 0 Å². The van der Waals surface area contributed by atoms with E-state index in [0.29, 0.717) is 0 Å². The molecule has 0 unspecified atom stereocenters. The van der Waals surface area contributed by atoms with E-state index in [1.54, 1.807) is 0 Å². The molecule has 51 valence electrons. The maximum atomic E-state index is 2.21. The SMILES string of the molecule is C1=C\[CH-]CCC\C=C/1.[Ru+]. The monoisotopic (exact) mass is 209 g/mol. The zero-order valence-electron chi connectivity index (χ0n) is 5.36. The first-order valence-corrected chi connectivity index (χ1v) is 3.15. The Morgan fingerprint density at radius 1 is 1.22 bits per heavy atom. The van der Waals surface area contributed by atoms with Crippen LogP contribution >= 0.6 is 0 Å². The Balaban J connectivity index is 0.000000640. The molecule has 0 nitrogen and oxygen atoms in total. The molecule has 0 aromatic carbocycles. The van der Waals surface area contributed by atoms with E-state index in [1.807, 2.05) is 0 Å². The zero-order valence-corrected chi connectivity index (χ0v) is 7.10. The normalized spacial score (nSPS) is 24.0. The molecule has 0 atom stereocenters. The topological polar surface area (TPSA) is 0 Å². The summed E-state index contributed by atoms with van der Waals surface area (Å²) in [5.74, 6) is 0. The average molecular weight is 208 g/mol. The van der Waals surface area contributed by atoms with Crippen molar-refractivity contribution in [2.75, 3.05) is 0 Å². The van der Waals surface area contributed by atoms with Crippen LogP contribution in [0, 0.1) is 6.42 Å². The molecule has 1 rings (SSSR count). The Labute approximate surface area is 69.8 Å². The van der Waals surface area contributed by atoms with Gasteiger partial charge in [-0.05, 0) is 6.42 Å². The summed E-state index contributed by atoms with van der Waals surface area (Å²) < 4.78 is 0. The van der Waals surface area contributed by atoms with Crippen molar-refractivity contribution in [3.8, 4) is 0 Å². The second-order valence-corrected chi connectivity index (χ2v) is 1.98. The van der Waals surface area contributed by atoms with Crippen molar-refractivity contribution in [1.29, 1.82) is 0 Å². The molecule has 1 aliphatic rings. The third kappa shape index (κ3) is 4.48. The average Bonchev–Trinajstić information content (AvgIpc) is 1.62. The molecular formula is C8H11Ru. The van der Waals surface area contributed by atoms with Crippen LogP contribution in [0.15, 0.2) is 24.3 Å². The minimum absolute atomic E-state index is 0. The molecule has 0 N–H and O–H groups in total. The van der Waals surface area contributed by atoms with E-state index in [2.05, 4.69) is 30.7 Å². The van der Waals surface area contributed by atoms with Gasteiger partial charge >= 0.3 is 19.5 Å². The van der Waals surface area contributed by atoms with Crippen LogP contribution < -0.4 is 0 Å². The van der Waals surface area contributed by atoms with Crippen molar-refractivity contribution in [3.63, 3.8) is 0 Å². The van der Waals surface area contributed by atoms with E-state index >= 15 is 0 Å². The smallest absolute Gasteiger partial charge is 0.230 e. The summed E-state index contributed by atoms with van der Waals surface area (Å²) in [4.78, 5) is 0. The van der Waals surface area contributed by atoms with Crippen LogP contribution in [-0.2, 0) is 19.5 Å². The van der Waals surface area contributed by atoms with Gasteiger partial charge in [-0.25, -0.2) is 18.6 Å². The molecule has 0 aromatic heterocycles. The summed E-state index contributed by atoms with van der Waals surface area (Å²) in [5, 5.41) is 0. The van der Waals surface area contributed by atoms with Gasteiger partial charge in [0, 0.05) is 0 Å². The van der Waals surface area contributed by atoms with E-state index in [9.17, 15) is 0 Å². The maximum Gasteiger partial charge on any atom is 1.00 e. The summed E-state index contributed by atoms with van der Waals surface area (Å²) in [6.45, 7) is 0. The van der Waals surface area contributed by atoms with Gasteiger partial charge in [-0.1, -0.05) is 6.42 Å². The number of hydrogen-bond donors (Lipinski definition) is 0. The van der Waals surface area contributed by atoms with Gasteiger partial charge < -0.3 is 0 Å². The largest absolute Gasteiger partial charge is 1.00 e. The molecule has 0 saturated heterocycles. The standard InChI is InChI=1S/C8H11.Ru/c1-2-4-6-8-7-5-3-1;/h1-5H,6-8H2;/q-1;+1/b2-1-,5-3-;. The van der Waals surface area contributed by atoms with E-state index < -0.39 is 0 Å². The van der Waals surface area contributed by atoms with Gasteiger partial charge in [-0.15, -0.1) is 18.6 Å². The van der Waals surface area contributed by atoms with Crippen LogP contribution in [0.5, 0.6) is 0 Å². The number of hydrogen-bond acceptors (Lipinski definition) is 0. The van der Waals surface area contributed by atoms with Crippen LogP contribution in [0.1, 0.15) is 19.3 Å². The first-order chi connectivity index (χ1) is 4.00. The molecule has 0 saturated carbocycles. The van der Waals surface area contributed by atoms with E-state index in [4.69, 9.17) is 0 Å². The molecule has 0 bridgehead atoms. The fraction of sp³-hybridized carbons (Fsp3) is 0.375. The molecule has 0 spiro atoms. The van der Waals surface area contributed by atoms with Gasteiger partial charge in [-0.2, -0.15) is 0 Å². The van der Waals surface area contributed by atoms with Crippen molar-refractivity contribution in [3.05, 3.63) is 30.7 Å². The molecule has 0 aromatic rings.